The third-order valence-electron chi connectivity index (χ3n) is 2.72. The summed E-state index contributed by atoms with van der Waals surface area (Å²) in [6.45, 7) is 0.205. The molecule has 1 saturated heterocycles. The molecule has 1 aliphatic heterocycles. The maximum Gasteiger partial charge on any atom is 0.243 e. The maximum atomic E-state index is 12.8. The Morgan fingerprint density at radius 1 is 1.26 bits per heavy atom. The molecule has 104 valence electrons. The number of piperidine rings is 1. The summed E-state index contributed by atoms with van der Waals surface area (Å²) in [5, 5.41) is 1.28. The summed E-state index contributed by atoms with van der Waals surface area (Å²) in [6.07, 6.45) is 1.30. The number of hydrazine groups is 1. The van der Waals surface area contributed by atoms with Crippen LogP contribution in [0.2, 0.25) is 5.02 Å². The average molecular weight is 307 g/mol. The number of nitrogens with one attached hydrogen (secondary N) is 1. The predicted octanol–water partition coefficient (Wildman–Crippen LogP) is 2.44. The van der Waals surface area contributed by atoms with Gasteiger partial charge < -0.3 is 0 Å². The standard InChI is InChI=1S/C12H12ClFN2O2.ClH/c13-10-6-9(14)5-4-8(10)7-15-16-11(17)2-1-3-12(16)18;/h4-6,15H,1-3,7H2;1H. The van der Waals surface area contributed by atoms with E-state index in [9.17, 15) is 14.0 Å². The van der Waals surface area contributed by atoms with Crippen molar-refractivity contribution in [3.63, 3.8) is 0 Å². The minimum Gasteiger partial charge on any atom is -0.273 e. The van der Waals surface area contributed by atoms with Crippen molar-refractivity contribution in [2.24, 2.45) is 0 Å². The van der Waals surface area contributed by atoms with E-state index in [1.807, 2.05) is 0 Å². The molecule has 1 aromatic rings. The topological polar surface area (TPSA) is 49.4 Å². The normalized spacial score (nSPS) is 15.4. The first-order chi connectivity index (χ1) is 8.58. The van der Waals surface area contributed by atoms with Crippen molar-refractivity contribution in [2.75, 3.05) is 0 Å². The SMILES string of the molecule is Cl.O=C1CCCC(=O)N1NCc1ccc(F)cc1Cl. The molecule has 1 heterocycles. The van der Waals surface area contributed by atoms with Gasteiger partial charge in [0.2, 0.25) is 11.8 Å². The van der Waals surface area contributed by atoms with Crippen LogP contribution in [0, 0.1) is 5.82 Å². The van der Waals surface area contributed by atoms with E-state index in [1.54, 1.807) is 0 Å². The number of nitrogens with zero attached hydrogens (tertiary/aromatic N) is 1. The quantitative estimate of drug-likeness (QED) is 0.873. The molecule has 19 heavy (non-hydrogen) atoms. The summed E-state index contributed by atoms with van der Waals surface area (Å²) in [7, 11) is 0. The van der Waals surface area contributed by atoms with E-state index in [1.165, 1.54) is 18.2 Å². The second kappa shape index (κ2) is 6.84. The summed E-state index contributed by atoms with van der Waals surface area (Å²) in [5.41, 5.74) is 3.35. The molecule has 0 spiro atoms. The van der Waals surface area contributed by atoms with Crippen molar-refractivity contribution in [1.29, 1.82) is 0 Å². The summed E-state index contributed by atoms with van der Waals surface area (Å²) in [6, 6.07) is 3.99. The fourth-order valence-corrected chi connectivity index (χ4v) is 1.99. The van der Waals surface area contributed by atoms with Crippen molar-refractivity contribution in [1.82, 2.24) is 10.4 Å². The Bertz CT molecular complexity index is 481. The molecule has 0 saturated carbocycles. The summed E-state index contributed by atoms with van der Waals surface area (Å²) >= 11 is 5.85. The lowest BCUT2D eigenvalue weighted by Gasteiger charge is -2.25. The van der Waals surface area contributed by atoms with Gasteiger partial charge in [0, 0.05) is 24.4 Å². The monoisotopic (exact) mass is 306 g/mol. The Labute approximate surface area is 121 Å². The van der Waals surface area contributed by atoms with Gasteiger partial charge in [-0.15, -0.1) is 12.4 Å². The third kappa shape index (κ3) is 3.89. The van der Waals surface area contributed by atoms with Gasteiger partial charge >= 0.3 is 0 Å². The van der Waals surface area contributed by atoms with Crippen LogP contribution < -0.4 is 5.43 Å². The highest BCUT2D eigenvalue weighted by Crippen LogP contribution is 2.17. The molecule has 1 N–H and O–H groups in total. The fourth-order valence-electron chi connectivity index (χ4n) is 1.76. The Morgan fingerprint density at radius 3 is 2.47 bits per heavy atom. The molecule has 7 heteroatoms. The van der Waals surface area contributed by atoms with Gasteiger partial charge in [-0.1, -0.05) is 17.7 Å². The molecule has 1 aromatic carbocycles. The molecule has 2 amide bonds. The van der Waals surface area contributed by atoms with Crippen LogP contribution in [0.3, 0.4) is 0 Å². The third-order valence-corrected chi connectivity index (χ3v) is 3.07. The molecule has 0 aromatic heterocycles. The highest BCUT2D eigenvalue weighted by Gasteiger charge is 2.25. The van der Waals surface area contributed by atoms with Crippen LogP contribution in [0.25, 0.3) is 0 Å². The van der Waals surface area contributed by atoms with Crippen molar-refractivity contribution in [3.05, 3.63) is 34.6 Å². The van der Waals surface area contributed by atoms with Gasteiger partial charge in [0.25, 0.3) is 0 Å². The Morgan fingerprint density at radius 2 is 1.89 bits per heavy atom. The molecule has 1 aliphatic rings. The fraction of sp³-hybridized carbons (Fsp3) is 0.333. The number of halogens is 3. The van der Waals surface area contributed by atoms with E-state index in [-0.39, 0.29) is 35.8 Å². The van der Waals surface area contributed by atoms with Crippen molar-refractivity contribution in [3.8, 4) is 0 Å². The van der Waals surface area contributed by atoms with Gasteiger partial charge in [-0.05, 0) is 24.1 Å². The summed E-state index contributed by atoms with van der Waals surface area (Å²) in [4.78, 5) is 23.0. The number of hydrogen-bond acceptors (Lipinski definition) is 3. The highest BCUT2D eigenvalue weighted by molar-refractivity contribution is 6.31. The van der Waals surface area contributed by atoms with Crippen LogP contribution in [0.15, 0.2) is 18.2 Å². The molecular formula is C12H13Cl2FN2O2. The number of amides is 2. The Hall–Kier alpha value is -1.17. The van der Waals surface area contributed by atoms with Crippen LogP contribution in [0.1, 0.15) is 24.8 Å². The van der Waals surface area contributed by atoms with Gasteiger partial charge in [-0.25, -0.2) is 14.8 Å². The predicted molar refractivity (Wildman–Crippen MR) is 71.2 cm³/mol. The lowest BCUT2D eigenvalue weighted by atomic mass is 10.1. The first-order valence-electron chi connectivity index (χ1n) is 5.61. The zero-order chi connectivity index (χ0) is 13.1. The van der Waals surface area contributed by atoms with E-state index in [4.69, 9.17) is 11.6 Å². The lowest BCUT2D eigenvalue weighted by molar-refractivity contribution is -0.152. The zero-order valence-corrected chi connectivity index (χ0v) is 11.6. The maximum absolute atomic E-state index is 12.8. The minimum atomic E-state index is -0.422. The van der Waals surface area contributed by atoms with E-state index in [2.05, 4.69) is 5.43 Å². The number of carbonyl (C=O) groups excluding carboxylic acids is 2. The molecule has 0 aliphatic carbocycles. The number of rotatable bonds is 3. The van der Waals surface area contributed by atoms with Gasteiger partial charge in [0.15, 0.2) is 0 Å². The van der Waals surface area contributed by atoms with Crippen LogP contribution in [-0.2, 0) is 16.1 Å². The smallest absolute Gasteiger partial charge is 0.243 e. The lowest BCUT2D eigenvalue weighted by Crippen LogP contribution is -2.48. The number of hydrogen-bond donors (Lipinski definition) is 1. The Kier molecular flexibility index (Phi) is 5.72. The summed E-state index contributed by atoms with van der Waals surface area (Å²) < 4.78 is 12.8. The molecule has 0 bridgehead atoms. The second-order valence-electron chi connectivity index (χ2n) is 4.05. The van der Waals surface area contributed by atoms with Crippen molar-refractivity contribution >= 4 is 35.8 Å². The van der Waals surface area contributed by atoms with Crippen LogP contribution in [-0.4, -0.2) is 16.8 Å². The number of benzene rings is 1. The average Bonchev–Trinajstić information content (AvgIpc) is 2.31. The van der Waals surface area contributed by atoms with E-state index < -0.39 is 5.82 Å². The second-order valence-corrected chi connectivity index (χ2v) is 4.45. The Balaban J connectivity index is 0.00000180. The molecule has 4 nitrogen and oxygen atoms in total. The molecule has 0 atom stereocenters. The van der Waals surface area contributed by atoms with E-state index in [0.717, 1.165) is 5.01 Å². The first-order valence-corrected chi connectivity index (χ1v) is 5.99. The van der Waals surface area contributed by atoms with Crippen molar-refractivity contribution < 1.29 is 14.0 Å². The highest BCUT2D eigenvalue weighted by atomic mass is 35.5. The number of imide groups is 1. The molecule has 1 fully saturated rings. The van der Waals surface area contributed by atoms with Crippen LogP contribution >= 0.6 is 24.0 Å². The molecule has 0 radical (unpaired) electrons. The largest absolute Gasteiger partial charge is 0.273 e. The van der Waals surface area contributed by atoms with Crippen molar-refractivity contribution in [2.45, 2.75) is 25.8 Å². The zero-order valence-electron chi connectivity index (χ0n) is 9.99. The summed E-state index contributed by atoms with van der Waals surface area (Å²) in [5.74, 6) is -0.914. The molecule has 2 rings (SSSR count). The van der Waals surface area contributed by atoms with Gasteiger partial charge in [-0.2, -0.15) is 0 Å². The first kappa shape index (κ1) is 15.9. The van der Waals surface area contributed by atoms with E-state index >= 15 is 0 Å². The molecule has 0 unspecified atom stereocenters. The van der Waals surface area contributed by atoms with Crippen LogP contribution in [0.4, 0.5) is 4.39 Å². The minimum absolute atomic E-state index is 0. The van der Waals surface area contributed by atoms with Gasteiger partial charge in [0.1, 0.15) is 5.82 Å². The van der Waals surface area contributed by atoms with E-state index in [0.29, 0.717) is 24.8 Å². The van der Waals surface area contributed by atoms with Gasteiger partial charge in [0.05, 0.1) is 0 Å². The van der Waals surface area contributed by atoms with Gasteiger partial charge in [-0.3, -0.25) is 9.59 Å². The van der Waals surface area contributed by atoms with Crippen LogP contribution in [0.5, 0.6) is 0 Å². The molecular weight excluding hydrogens is 294 g/mol. The number of carbonyl (C=O) groups is 2.